The lowest BCUT2D eigenvalue weighted by molar-refractivity contribution is 0.0694. The van der Waals surface area contributed by atoms with Crippen LogP contribution in [0.2, 0.25) is 0 Å². The minimum atomic E-state index is -0.897. The van der Waals surface area contributed by atoms with Crippen LogP contribution in [0.3, 0.4) is 0 Å². The smallest absolute Gasteiger partial charge is 0.336 e. The molecule has 0 radical (unpaired) electrons. The first-order valence-corrected chi connectivity index (χ1v) is 11.8. The highest BCUT2D eigenvalue weighted by atomic mass is 16.4. The van der Waals surface area contributed by atoms with Gasteiger partial charge in [0.15, 0.2) is 0 Å². The van der Waals surface area contributed by atoms with Crippen LogP contribution in [0, 0.1) is 11.8 Å². The van der Waals surface area contributed by atoms with Crippen LogP contribution in [-0.4, -0.2) is 44.5 Å². The number of aromatic amines is 1. The van der Waals surface area contributed by atoms with E-state index in [0.717, 1.165) is 37.0 Å². The van der Waals surface area contributed by atoms with E-state index in [1.807, 2.05) is 0 Å². The topological polar surface area (TPSA) is 82.1 Å². The molecule has 0 aliphatic rings. The highest BCUT2D eigenvalue weighted by molar-refractivity contribution is 5.95. The van der Waals surface area contributed by atoms with Crippen LogP contribution in [-0.2, 0) is 6.54 Å². The molecule has 1 heterocycles. The summed E-state index contributed by atoms with van der Waals surface area (Å²) in [5.41, 5.74) is 2.53. The van der Waals surface area contributed by atoms with Gasteiger partial charge in [-0.25, -0.2) is 4.79 Å². The molecule has 6 nitrogen and oxygen atoms in total. The molecule has 0 amide bonds. The summed E-state index contributed by atoms with van der Waals surface area (Å²) in [5, 5.41) is 20.9. The first-order chi connectivity index (χ1) is 14.5. The van der Waals surface area contributed by atoms with Crippen molar-refractivity contribution in [1.29, 1.82) is 0 Å². The molecule has 2 atom stereocenters. The van der Waals surface area contributed by atoms with Crippen molar-refractivity contribution in [2.45, 2.75) is 85.6 Å². The fourth-order valence-corrected chi connectivity index (χ4v) is 4.32. The minimum Gasteiger partial charge on any atom is -0.478 e. The summed E-state index contributed by atoms with van der Waals surface area (Å²) in [6, 6.07) is 3.41. The Morgan fingerprint density at radius 3 is 2.10 bits per heavy atom. The Balaban J connectivity index is 2.31. The molecule has 30 heavy (non-hydrogen) atoms. The summed E-state index contributed by atoms with van der Waals surface area (Å²) in [7, 11) is 0. The minimum absolute atomic E-state index is 0.338. The molecule has 1 aromatic carbocycles. The monoisotopic (exact) mass is 416 g/mol. The molecule has 0 fully saturated rings. The number of aromatic carboxylic acids is 1. The Bertz CT molecular complexity index is 756. The first-order valence-electron chi connectivity index (χ1n) is 11.8. The summed E-state index contributed by atoms with van der Waals surface area (Å²) >= 11 is 0. The van der Waals surface area contributed by atoms with E-state index >= 15 is 0 Å². The van der Waals surface area contributed by atoms with Crippen LogP contribution in [0.5, 0.6) is 0 Å². The van der Waals surface area contributed by atoms with Gasteiger partial charge < -0.3 is 5.11 Å². The van der Waals surface area contributed by atoms with E-state index in [9.17, 15) is 9.90 Å². The van der Waals surface area contributed by atoms with Gasteiger partial charge in [-0.3, -0.25) is 4.90 Å². The second-order valence-electron chi connectivity index (χ2n) is 8.62. The maximum absolute atomic E-state index is 11.9. The number of hydrogen-bond acceptors (Lipinski definition) is 4. The third-order valence-corrected chi connectivity index (χ3v) is 6.33. The maximum Gasteiger partial charge on any atom is 0.336 e. The van der Waals surface area contributed by atoms with Gasteiger partial charge in [0, 0.05) is 25.2 Å². The normalized spacial score (nSPS) is 13.8. The number of nitrogens with zero attached hydrogens (tertiary/aromatic N) is 3. The van der Waals surface area contributed by atoms with E-state index in [1.54, 1.807) is 12.1 Å². The second-order valence-corrected chi connectivity index (χ2v) is 8.62. The quantitative estimate of drug-likeness (QED) is 0.378. The number of hydrogen-bond donors (Lipinski definition) is 2. The molecule has 0 spiro atoms. The zero-order valence-electron chi connectivity index (χ0n) is 19.3. The van der Waals surface area contributed by atoms with Crippen LogP contribution >= 0.6 is 0 Å². The van der Waals surface area contributed by atoms with Crippen molar-refractivity contribution in [3.8, 4) is 0 Å². The molecule has 2 unspecified atom stereocenters. The fourth-order valence-electron chi connectivity index (χ4n) is 4.32. The van der Waals surface area contributed by atoms with Crippen molar-refractivity contribution in [3.63, 3.8) is 0 Å². The van der Waals surface area contributed by atoms with E-state index in [2.05, 4.69) is 48.0 Å². The standard InChI is InChI=1S/C24H40N4O2/c1-5-9-11-18(7-3)15-28(16-19(8-4)12-10-6-2)17-21-20(24(29)30)13-14-22-23(21)26-27-25-22/h13-14,18-19H,5-12,15-17H2,1-4H3,(H,29,30)(H,25,26,27). The Morgan fingerprint density at radius 1 is 1.00 bits per heavy atom. The lowest BCUT2D eigenvalue weighted by atomic mass is 9.95. The number of carboxylic acid groups (broad SMARTS) is 1. The Hall–Kier alpha value is -1.95. The molecule has 0 aliphatic carbocycles. The molecule has 0 aliphatic heterocycles. The van der Waals surface area contributed by atoms with Crippen molar-refractivity contribution in [1.82, 2.24) is 20.3 Å². The maximum atomic E-state index is 11.9. The first kappa shape index (κ1) is 24.3. The number of aromatic nitrogens is 3. The molecule has 2 aromatic rings. The van der Waals surface area contributed by atoms with Gasteiger partial charge in [-0.1, -0.05) is 66.2 Å². The van der Waals surface area contributed by atoms with Gasteiger partial charge in [-0.05, 0) is 36.8 Å². The zero-order valence-corrected chi connectivity index (χ0v) is 19.3. The van der Waals surface area contributed by atoms with Gasteiger partial charge in [0.2, 0.25) is 0 Å². The van der Waals surface area contributed by atoms with Gasteiger partial charge in [-0.15, -0.1) is 0 Å². The Kier molecular flexibility index (Phi) is 10.3. The number of H-pyrrole nitrogens is 1. The summed E-state index contributed by atoms with van der Waals surface area (Å²) < 4.78 is 0. The molecule has 2 rings (SSSR count). The SMILES string of the molecule is CCCCC(CC)CN(Cc1c(C(=O)O)ccc2n[nH]nc12)CC(CC)CCCC. The summed E-state index contributed by atoms with van der Waals surface area (Å²) in [6.07, 6.45) is 9.70. The summed E-state index contributed by atoms with van der Waals surface area (Å²) in [4.78, 5) is 14.4. The molecule has 0 saturated heterocycles. The van der Waals surface area contributed by atoms with Gasteiger partial charge in [0.1, 0.15) is 11.0 Å². The van der Waals surface area contributed by atoms with Crippen molar-refractivity contribution < 1.29 is 9.90 Å². The molecule has 0 bridgehead atoms. The predicted molar refractivity (Wildman–Crippen MR) is 123 cm³/mol. The van der Waals surface area contributed by atoms with Crippen LogP contribution in [0.1, 0.15) is 95.0 Å². The fraction of sp³-hybridized carbons (Fsp3) is 0.708. The zero-order chi connectivity index (χ0) is 21.9. The third kappa shape index (κ3) is 6.79. The Morgan fingerprint density at radius 2 is 1.60 bits per heavy atom. The summed E-state index contributed by atoms with van der Waals surface area (Å²) in [5.74, 6) is 0.378. The van der Waals surface area contributed by atoms with Crippen LogP contribution in [0.25, 0.3) is 11.0 Å². The van der Waals surface area contributed by atoms with Crippen LogP contribution in [0.4, 0.5) is 0 Å². The number of fused-ring (bicyclic) bond motifs is 1. The number of carboxylic acids is 1. The van der Waals surface area contributed by atoms with Gasteiger partial charge >= 0.3 is 5.97 Å². The molecular formula is C24H40N4O2. The van der Waals surface area contributed by atoms with E-state index in [-0.39, 0.29) is 0 Å². The highest BCUT2D eigenvalue weighted by Crippen LogP contribution is 2.25. The van der Waals surface area contributed by atoms with Gasteiger partial charge in [0.05, 0.1) is 5.56 Å². The molecular weight excluding hydrogens is 376 g/mol. The second kappa shape index (κ2) is 12.7. The molecule has 2 N–H and O–H groups in total. The molecule has 168 valence electrons. The van der Waals surface area contributed by atoms with Gasteiger partial charge in [0.25, 0.3) is 0 Å². The number of carbonyl (C=O) groups is 1. The number of unbranched alkanes of at least 4 members (excludes halogenated alkanes) is 2. The molecule has 0 saturated carbocycles. The van der Waals surface area contributed by atoms with E-state index in [0.29, 0.717) is 29.5 Å². The van der Waals surface area contributed by atoms with E-state index in [1.165, 1.54) is 38.5 Å². The lowest BCUT2D eigenvalue weighted by Gasteiger charge is -2.31. The largest absolute Gasteiger partial charge is 0.478 e. The molecule has 1 aromatic heterocycles. The Labute approximate surface area is 181 Å². The number of rotatable bonds is 15. The van der Waals surface area contributed by atoms with Crippen molar-refractivity contribution in [3.05, 3.63) is 23.3 Å². The van der Waals surface area contributed by atoms with Crippen LogP contribution in [0.15, 0.2) is 12.1 Å². The van der Waals surface area contributed by atoms with Crippen molar-refractivity contribution in [2.75, 3.05) is 13.1 Å². The van der Waals surface area contributed by atoms with Crippen molar-refractivity contribution >= 4 is 17.0 Å². The van der Waals surface area contributed by atoms with Gasteiger partial charge in [-0.2, -0.15) is 15.4 Å². The lowest BCUT2D eigenvalue weighted by Crippen LogP contribution is -2.34. The van der Waals surface area contributed by atoms with E-state index < -0.39 is 5.97 Å². The van der Waals surface area contributed by atoms with E-state index in [4.69, 9.17) is 0 Å². The number of nitrogens with one attached hydrogen (secondary N) is 1. The average Bonchev–Trinajstić information content (AvgIpc) is 3.23. The third-order valence-electron chi connectivity index (χ3n) is 6.33. The van der Waals surface area contributed by atoms with Crippen LogP contribution < -0.4 is 0 Å². The highest BCUT2D eigenvalue weighted by Gasteiger charge is 2.22. The summed E-state index contributed by atoms with van der Waals surface area (Å²) in [6.45, 7) is 11.6. The van der Waals surface area contributed by atoms with Crippen molar-refractivity contribution in [2.24, 2.45) is 11.8 Å². The number of benzene rings is 1. The average molecular weight is 417 g/mol. The molecule has 6 heteroatoms. The predicted octanol–water partition coefficient (Wildman–Crippen LogP) is 5.89.